The first kappa shape index (κ1) is 30.4. The summed E-state index contributed by atoms with van der Waals surface area (Å²) >= 11 is 0. The minimum Gasteiger partial charge on any atom is -0.463 e. The van der Waals surface area contributed by atoms with Crippen LogP contribution in [0.2, 0.25) is 0 Å². The van der Waals surface area contributed by atoms with Crippen LogP contribution in [0.5, 0.6) is 5.75 Å². The summed E-state index contributed by atoms with van der Waals surface area (Å²) in [6, 6.07) is 6.22. The summed E-state index contributed by atoms with van der Waals surface area (Å²) in [6.07, 6.45) is 16.0. The number of rotatable bonds is 14. The molecule has 7 heteroatoms. The Hall–Kier alpha value is -2.15. The van der Waals surface area contributed by atoms with Crippen LogP contribution in [-0.4, -0.2) is 32.7 Å². The zero-order chi connectivity index (χ0) is 27.4. The molecule has 0 radical (unpaired) electrons. The van der Waals surface area contributed by atoms with Gasteiger partial charge in [0.2, 0.25) is 0 Å². The Morgan fingerprint density at radius 3 is 2.11 bits per heavy atom. The molecule has 1 aromatic rings. The van der Waals surface area contributed by atoms with Crippen molar-refractivity contribution in [1.29, 1.82) is 0 Å². The normalized spacial score (nSPS) is 23.9. The highest BCUT2D eigenvalue weighted by molar-refractivity contribution is 7.91. The molecule has 0 aromatic heterocycles. The summed E-state index contributed by atoms with van der Waals surface area (Å²) in [7, 11) is -3.40. The van der Waals surface area contributed by atoms with Crippen molar-refractivity contribution in [2.75, 3.05) is 12.4 Å². The van der Waals surface area contributed by atoms with Crippen molar-refractivity contribution >= 4 is 21.8 Å². The summed E-state index contributed by atoms with van der Waals surface area (Å²) in [5.74, 6) is 2.27. The van der Waals surface area contributed by atoms with Gasteiger partial charge in [-0.3, -0.25) is 4.79 Å². The van der Waals surface area contributed by atoms with Crippen LogP contribution >= 0.6 is 0 Å². The molecule has 38 heavy (non-hydrogen) atoms. The van der Waals surface area contributed by atoms with Crippen LogP contribution in [0.15, 0.2) is 41.8 Å². The van der Waals surface area contributed by atoms with Crippen LogP contribution in [0.25, 0.3) is 0 Å². The first-order valence-electron chi connectivity index (χ1n) is 14.7. The van der Waals surface area contributed by atoms with Crippen LogP contribution in [0, 0.1) is 23.7 Å². The molecule has 2 fully saturated rings. The molecule has 0 heterocycles. The second-order valence-corrected chi connectivity index (χ2v) is 13.3. The maximum Gasteiger partial charge on any atom is 0.330 e. The number of ether oxygens (including phenoxy) is 2. The number of sulfone groups is 1. The van der Waals surface area contributed by atoms with Gasteiger partial charge >= 0.3 is 11.9 Å². The smallest absolute Gasteiger partial charge is 0.330 e. The Labute approximate surface area is 229 Å². The molecule has 3 rings (SSSR count). The van der Waals surface area contributed by atoms with Gasteiger partial charge in [0.05, 0.1) is 23.2 Å². The van der Waals surface area contributed by atoms with Crippen LogP contribution in [0.4, 0.5) is 0 Å². The standard InChI is InChI=1S/C31H46O6S/c1-3-9-24-10-12-25(13-11-24)26-14-16-27(17-15-26)31(33)37-28-18-20-29(21-19-28)38(34,35)23-8-6-5-7-22-36-30(32)4-2/h4,18-21,24-27H,2-3,5-17,22-23H2,1H3/t24?,25?,26-,27-. The van der Waals surface area contributed by atoms with Gasteiger partial charge in [-0.2, -0.15) is 0 Å². The van der Waals surface area contributed by atoms with Gasteiger partial charge in [-0.05, 0) is 93.4 Å². The SMILES string of the molecule is C=CC(=O)OCCCCCCS(=O)(=O)c1ccc(OC(=O)[C@H]2CC[C@H](C3CCC(CCC)CC3)CC2)cc1. The van der Waals surface area contributed by atoms with E-state index in [9.17, 15) is 18.0 Å². The third kappa shape index (κ3) is 9.55. The van der Waals surface area contributed by atoms with Gasteiger partial charge in [0.25, 0.3) is 0 Å². The van der Waals surface area contributed by atoms with Crippen LogP contribution < -0.4 is 4.74 Å². The summed E-state index contributed by atoms with van der Waals surface area (Å²) in [5, 5.41) is 0. The van der Waals surface area contributed by atoms with Crippen molar-refractivity contribution in [3.63, 3.8) is 0 Å². The van der Waals surface area contributed by atoms with Gasteiger partial charge in [-0.25, -0.2) is 13.2 Å². The van der Waals surface area contributed by atoms with E-state index < -0.39 is 15.8 Å². The lowest BCUT2D eigenvalue weighted by Gasteiger charge is -2.37. The lowest BCUT2D eigenvalue weighted by molar-refractivity contribution is -0.140. The van der Waals surface area contributed by atoms with Gasteiger partial charge in [0.15, 0.2) is 9.84 Å². The largest absolute Gasteiger partial charge is 0.463 e. The predicted octanol–water partition coefficient (Wildman–Crippen LogP) is 7.07. The predicted molar refractivity (Wildman–Crippen MR) is 150 cm³/mol. The number of carbonyl (C=O) groups is 2. The van der Waals surface area contributed by atoms with Crippen LogP contribution in [0.1, 0.15) is 96.8 Å². The van der Waals surface area contributed by atoms with Crippen molar-refractivity contribution in [2.45, 2.75) is 102 Å². The van der Waals surface area contributed by atoms with Crippen LogP contribution in [-0.2, 0) is 24.2 Å². The summed E-state index contributed by atoms with van der Waals surface area (Å²) in [4.78, 5) is 24.0. The Kier molecular flexibility index (Phi) is 12.4. The summed E-state index contributed by atoms with van der Waals surface area (Å²) < 4.78 is 35.8. The number of hydrogen-bond donors (Lipinski definition) is 0. The molecule has 0 amide bonds. The lowest BCUT2D eigenvalue weighted by atomic mass is 9.69. The van der Waals surface area contributed by atoms with E-state index in [0.29, 0.717) is 25.2 Å². The molecule has 0 saturated heterocycles. The molecule has 212 valence electrons. The zero-order valence-corrected chi connectivity index (χ0v) is 23.9. The molecular formula is C31H46O6S. The van der Waals surface area contributed by atoms with E-state index in [0.717, 1.165) is 62.4 Å². The van der Waals surface area contributed by atoms with Gasteiger partial charge in [-0.1, -0.05) is 52.0 Å². The molecule has 1 aromatic carbocycles. The molecule has 0 atom stereocenters. The number of unbranched alkanes of at least 4 members (excludes halogenated alkanes) is 3. The van der Waals surface area contributed by atoms with E-state index >= 15 is 0 Å². The van der Waals surface area contributed by atoms with E-state index in [1.54, 1.807) is 12.1 Å². The highest BCUT2D eigenvalue weighted by Gasteiger charge is 2.33. The van der Waals surface area contributed by atoms with Gasteiger partial charge in [-0.15, -0.1) is 0 Å². The zero-order valence-electron chi connectivity index (χ0n) is 23.1. The number of esters is 2. The molecule has 2 saturated carbocycles. The van der Waals surface area contributed by atoms with Crippen molar-refractivity contribution < 1.29 is 27.5 Å². The Balaban J connectivity index is 1.36. The Morgan fingerprint density at radius 2 is 1.50 bits per heavy atom. The average molecular weight is 547 g/mol. The number of carbonyl (C=O) groups excluding carboxylic acids is 2. The molecular weight excluding hydrogens is 500 g/mol. The Morgan fingerprint density at radius 1 is 0.895 bits per heavy atom. The molecule has 6 nitrogen and oxygen atoms in total. The van der Waals surface area contributed by atoms with Crippen molar-refractivity contribution in [3.05, 3.63) is 36.9 Å². The maximum atomic E-state index is 12.8. The van der Waals surface area contributed by atoms with Gasteiger partial charge in [0.1, 0.15) is 5.75 Å². The van der Waals surface area contributed by atoms with Crippen molar-refractivity contribution in [3.8, 4) is 5.75 Å². The second kappa shape index (κ2) is 15.4. The quantitative estimate of drug-likeness (QED) is 0.107. The third-order valence-electron chi connectivity index (χ3n) is 8.48. The monoisotopic (exact) mass is 546 g/mol. The first-order chi connectivity index (χ1) is 18.3. The lowest BCUT2D eigenvalue weighted by Crippen LogP contribution is -2.30. The molecule has 0 N–H and O–H groups in total. The fourth-order valence-electron chi connectivity index (χ4n) is 6.19. The average Bonchev–Trinajstić information content (AvgIpc) is 2.93. The summed E-state index contributed by atoms with van der Waals surface area (Å²) in [5.41, 5.74) is 0. The molecule has 0 aliphatic heterocycles. The summed E-state index contributed by atoms with van der Waals surface area (Å²) in [6.45, 7) is 5.94. The highest BCUT2D eigenvalue weighted by atomic mass is 32.2. The van der Waals surface area contributed by atoms with Crippen LogP contribution in [0.3, 0.4) is 0 Å². The van der Waals surface area contributed by atoms with E-state index in [1.165, 1.54) is 50.7 Å². The fraction of sp³-hybridized carbons (Fsp3) is 0.677. The third-order valence-corrected chi connectivity index (χ3v) is 10.3. The maximum absolute atomic E-state index is 12.8. The molecule has 2 aliphatic carbocycles. The van der Waals surface area contributed by atoms with Gasteiger partial charge < -0.3 is 9.47 Å². The first-order valence-corrected chi connectivity index (χ1v) is 16.3. The molecule has 0 bridgehead atoms. The number of benzene rings is 1. The van der Waals surface area contributed by atoms with E-state index in [1.807, 2.05) is 0 Å². The number of hydrogen-bond acceptors (Lipinski definition) is 6. The van der Waals surface area contributed by atoms with E-state index in [-0.39, 0.29) is 22.5 Å². The highest BCUT2D eigenvalue weighted by Crippen LogP contribution is 2.42. The molecule has 2 aliphatic rings. The van der Waals surface area contributed by atoms with Crippen molar-refractivity contribution in [1.82, 2.24) is 0 Å². The van der Waals surface area contributed by atoms with Gasteiger partial charge in [0, 0.05) is 6.08 Å². The molecule has 0 unspecified atom stereocenters. The molecule has 0 spiro atoms. The topological polar surface area (TPSA) is 86.7 Å². The second-order valence-electron chi connectivity index (χ2n) is 11.2. The minimum absolute atomic E-state index is 0.0576. The van der Waals surface area contributed by atoms with E-state index in [4.69, 9.17) is 9.47 Å². The van der Waals surface area contributed by atoms with E-state index in [2.05, 4.69) is 13.5 Å². The fourth-order valence-corrected chi connectivity index (χ4v) is 7.57. The minimum atomic E-state index is -3.40. The Bertz CT molecular complexity index is 984. The van der Waals surface area contributed by atoms with Crippen molar-refractivity contribution in [2.24, 2.45) is 23.7 Å².